The van der Waals surface area contributed by atoms with Crippen LogP contribution in [0.1, 0.15) is 19.4 Å². The maximum atomic E-state index is 11.2. The number of carbonyl (C=O) groups is 2. The fourth-order valence-corrected chi connectivity index (χ4v) is 1.93. The SMILES string of the molecule is COc1ccc(C/C(C(=O)[O-])=C(/C(=O)[O-])C(C)C)cc1.[Na+].[Na+]. The number of hydrogen-bond donors (Lipinski definition) is 0. The minimum atomic E-state index is -1.49. The van der Waals surface area contributed by atoms with E-state index < -0.39 is 17.9 Å². The molecule has 1 aromatic carbocycles. The molecule has 0 radical (unpaired) electrons. The van der Waals surface area contributed by atoms with Crippen molar-refractivity contribution >= 4 is 11.9 Å². The first kappa shape index (κ1) is 24.0. The first-order valence-corrected chi connectivity index (χ1v) is 6.15. The molecule has 0 aliphatic carbocycles. The zero-order valence-electron chi connectivity index (χ0n) is 13.6. The van der Waals surface area contributed by atoms with Crippen molar-refractivity contribution in [2.24, 2.45) is 5.92 Å². The maximum Gasteiger partial charge on any atom is 1.00 e. The monoisotopic (exact) mass is 322 g/mol. The Kier molecular flexibility index (Phi) is 12.3. The molecule has 7 heteroatoms. The van der Waals surface area contributed by atoms with Crippen molar-refractivity contribution in [3.8, 4) is 5.75 Å². The zero-order valence-corrected chi connectivity index (χ0v) is 17.6. The van der Waals surface area contributed by atoms with Crippen LogP contribution in [0.3, 0.4) is 0 Å². The van der Waals surface area contributed by atoms with Crippen molar-refractivity contribution in [2.75, 3.05) is 7.11 Å². The second-order valence-corrected chi connectivity index (χ2v) is 4.65. The Labute approximate surface area is 174 Å². The molecule has 0 aliphatic rings. The molecule has 0 atom stereocenters. The average molecular weight is 322 g/mol. The Balaban J connectivity index is 0. The molecule has 0 unspecified atom stereocenters. The van der Waals surface area contributed by atoms with E-state index in [2.05, 4.69) is 0 Å². The molecule has 0 saturated heterocycles. The van der Waals surface area contributed by atoms with Crippen LogP contribution in [0.5, 0.6) is 5.75 Å². The average Bonchev–Trinajstić information content (AvgIpc) is 2.37. The number of carboxylic acids is 2. The molecule has 0 bridgehead atoms. The van der Waals surface area contributed by atoms with E-state index >= 15 is 0 Å². The third kappa shape index (κ3) is 6.86. The Morgan fingerprint density at radius 2 is 1.55 bits per heavy atom. The Morgan fingerprint density at radius 1 is 1.05 bits per heavy atom. The number of aliphatic carboxylic acids is 2. The van der Waals surface area contributed by atoms with Gasteiger partial charge in [0.25, 0.3) is 0 Å². The van der Waals surface area contributed by atoms with Crippen LogP contribution in [-0.4, -0.2) is 19.0 Å². The predicted octanol–water partition coefficient (Wildman–Crippen LogP) is -6.30. The van der Waals surface area contributed by atoms with Gasteiger partial charge >= 0.3 is 59.1 Å². The summed E-state index contributed by atoms with van der Waals surface area (Å²) in [4.78, 5) is 22.3. The van der Waals surface area contributed by atoms with Gasteiger partial charge in [0.15, 0.2) is 0 Å². The van der Waals surface area contributed by atoms with E-state index in [0.29, 0.717) is 11.3 Å². The summed E-state index contributed by atoms with van der Waals surface area (Å²) in [7, 11) is 1.52. The van der Waals surface area contributed by atoms with Crippen LogP contribution in [-0.2, 0) is 16.0 Å². The van der Waals surface area contributed by atoms with E-state index in [1.165, 1.54) is 7.11 Å². The van der Waals surface area contributed by atoms with Gasteiger partial charge in [-0.25, -0.2) is 0 Å². The number of rotatable bonds is 6. The smallest absolute Gasteiger partial charge is 0.545 e. The maximum absolute atomic E-state index is 11.2. The summed E-state index contributed by atoms with van der Waals surface area (Å²) in [5, 5.41) is 22.3. The van der Waals surface area contributed by atoms with Crippen LogP contribution in [0.2, 0.25) is 0 Å². The first-order valence-electron chi connectivity index (χ1n) is 6.15. The van der Waals surface area contributed by atoms with Gasteiger partial charge in [-0.3, -0.25) is 0 Å². The molecular weight excluding hydrogens is 306 g/mol. The van der Waals surface area contributed by atoms with E-state index in [1.54, 1.807) is 38.1 Å². The number of ether oxygens (including phenoxy) is 1. The zero-order chi connectivity index (χ0) is 15.3. The van der Waals surface area contributed by atoms with Gasteiger partial charge in [-0.2, -0.15) is 0 Å². The molecule has 0 N–H and O–H groups in total. The van der Waals surface area contributed by atoms with Gasteiger partial charge in [0.2, 0.25) is 0 Å². The van der Waals surface area contributed by atoms with Gasteiger partial charge in [0, 0.05) is 0 Å². The third-order valence-electron chi connectivity index (χ3n) is 2.91. The quantitative estimate of drug-likeness (QED) is 0.384. The van der Waals surface area contributed by atoms with Crippen LogP contribution in [0.15, 0.2) is 35.4 Å². The van der Waals surface area contributed by atoms with Gasteiger partial charge in [0.1, 0.15) is 5.75 Å². The molecule has 0 spiro atoms. The fraction of sp³-hybridized carbons (Fsp3) is 0.333. The summed E-state index contributed by atoms with van der Waals surface area (Å²) in [5.41, 5.74) is 0.162. The van der Waals surface area contributed by atoms with Crippen LogP contribution in [0, 0.1) is 5.92 Å². The van der Waals surface area contributed by atoms with Crippen molar-refractivity contribution in [1.29, 1.82) is 0 Å². The summed E-state index contributed by atoms with van der Waals surface area (Å²) in [6.45, 7) is 3.20. The van der Waals surface area contributed by atoms with Crippen LogP contribution < -0.4 is 74.1 Å². The molecule has 0 heterocycles. The molecule has 5 nitrogen and oxygen atoms in total. The van der Waals surface area contributed by atoms with Gasteiger partial charge < -0.3 is 24.5 Å². The number of benzene rings is 1. The van der Waals surface area contributed by atoms with Gasteiger partial charge in [-0.05, 0) is 41.2 Å². The van der Waals surface area contributed by atoms with E-state index in [9.17, 15) is 19.8 Å². The molecule has 0 saturated carbocycles. The number of hydrogen-bond acceptors (Lipinski definition) is 5. The minimum Gasteiger partial charge on any atom is -0.545 e. The normalized spacial score (nSPS) is 10.9. The second-order valence-electron chi connectivity index (χ2n) is 4.65. The van der Waals surface area contributed by atoms with Crippen LogP contribution in [0.4, 0.5) is 0 Å². The molecule has 22 heavy (non-hydrogen) atoms. The molecular formula is C15H16Na2O5. The molecule has 0 aliphatic heterocycles. The fourth-order valence-electron chi connectivity index (χ4n) is 1.93. The Morgan fingerprint density at radius 3 is 1.86 bits per heavy atom. The number of methoxy groups -OCH3 is 1. The molecule has 0 fully saturated rings. The molecule has 1 aromatic rings. The van der Waals surface area contributed by atoms with Gasteiger partial charge in [-0.15, -0.1) is 0 Å². The first-order chi connectivity index (χ1) is 9.36. The van der Waals surface area contributed by atoms with Gasteiger partial charge in [0.05, 0.1) is 19.0 Å². The van der Waals surface area contributed by atoms with Crippen molar-refractivity contribution < 1.29 is 83.7 Å². The van der Waals surface area contributed by atoms with Gasteiger partial charge in [-0.1, -0.05) is 26.0 Å². The number of carbonyl (C=O) groups excluding carboxylic acids is 2. The summed E-state index contributed by atoms with van der Waals surface area (Å²) in [5.74, 6) is -2.80. The van der Waals surface area contributed by atoms with Crippen molar-refractivity contribution in [3.63, 3.8) is 0 Å². The molecule has 0 aromatic heterocycles. The van der Waals surface area contributed by atoms with Crippen LogP contribution >= 0.6 is 0 Å². The van der Waals surface area contributed by atoms with Crippen molar-refractivity contribution in [1.82, 2.24) is 0 Å². The topological polar surface area (TPSA) is 89.5 Å². The van der Waals surface area contributed by atoms with Crippen molar-refractivity contribution in [2.45, 2.75) is 20.3 Å². The summed E-state index contributed by atoms with van der Waals surface area (Å²) in [6, 6.07) is 6.70. The standard InChI is InChI=1S/C15H18O5.2Na/c1-9(2)13(15(18)19)12(14(16)17)8-10-4-6-11(20-3)7-5-10;;/h4-7,9H,8H2,1-3H3,(H,16,17)(H,18,19);;/q;2*+1/p-2/b13-12-;;. The Hall–Kier alpha value is -0.300. The van der Waals surface area contributed by atoms with Crippen molar-refractivity contribution in [3.05, 3.63) is 41.0 Å². The second kappa shape index (κ2) is 11.3. The summed E-state index contributed by atoms with van der Waals surface area (Å²) < 4.78 is 5.00. The summed E-state index contributed by atoms with van der Waals surface area (Å²) in [6.07, 6.45) is -0.0339. The van der Waals surface area contributed by atoms with E-state index in [0.717, 1.165) is 0 Å². The minimum absolute atomic E-state index is 0. The van der Waals surface area contributed by atoms with E-state index in [4.69, 9.17) is 4.74 Å². The Bertz CT molecular complexity index is 535. The molecule has 0 amide bonds. The van der Waals surface area contributed by atoms with Crippen LogP contribution in [0.25, 0.3) is 0 Å². The van der Waals surface area contributed by atoms with E-state index in [1.807, 2.05) is 0 Å². The molecule has 108 valence electrons. The number of carboxylic acid groups (broad SMARTS) is 2. The third-order valence-corrected chi connectivity index (χ3v) is 2.91. The van der Waals surface area contributed by atoms with E-state index in [-0.39, 0.29) is 76.7 Å². The molecule has 1 rings (SSSR count). The largest absolute Gasteiger partial charge is 1.00 e. The predicted molar refractivity (Wildman–Crippen MR) is 68.6 cm³/mol. The summed E-state index contributed by atoms with van der Waals surface area (Å²) >= 11 is 0.